The van der Waals surface area contributed by atoms with E-state index in [1.165, 1.54) is 30.0 Å². The van der Waals surface area contributed by atoms with Gasteiger partial charge in [0.25, 0.3) is 5.56 Å². The molecule has 152 valence electrons. The minimum atomic E-state index is -0.348. The number of ether oxygens (including phenoxy) is 2. The number of methoxy groups -OCH3 is 2. The van der Waals surface area contributed by atoms with Gasteiger partial charge >= 0.3 is 0 Å². The molecule has 0 amide bonds. The van der Waals surface area contributed by atoms with Gasteiger partial charge in [-0.05, 0) is 42.5 Å². The van der Waals surface area contributed by atoms with Crippen LogP contribution in [0.5, 0.6) is 11.5 Å². The minimum absolute atomic E-state index is 0.0145. The summed E-state index contributed by atoms with van der Waals surface area (Å²) in [5.41, 5.74) is 1.49. The third-order valence-electron chi connectivity index (χ3n) is 4.41. The molecule has 0 saturated heterocycles. The highest BCUT2D eigenvalue weighted by Crippen LogP contribution is 2.31. The van der Waals surface area contributed by atoms with Crippen molar-refractivity contribution in [1.29, 1.82) is 0 Å². The van der Waals surface area contributed by atoms with Crippen molar-refractivity contribution in [1.82, 2.24) is 19.9 Å². The van der Waals surface area contributed by atoms with Gasteiger partial charge in [0.15, 0.2) is 0 Å². The van der Waals surface area contributed by atoms with Crippen molar-refractivity contribution in [2.45, 2.75) is 6.54 Å². The molecule has 2 heterocycles. The molecular weight excluding hydrogens is 391 g/mol. The van der Waals surface area contributed by atoms with Crippen molar-refractivity contribution in [3.8, 4) is 34.1 Å². The van der Waals surface area contributed by atoms with Crippen molar-refractivity contribution < 1.29 is 18.4 Å². The molecule has 0 bridgehead atoms. The minimum Gasteiger partial charge on any atom is -0.497 e. The van der Waals surface area contributed by atoms with Crippen molar-refractivity contribution in [3.05, 3.63) is 76.7 Å². The Balaban J connectivity index is 1.62. The first-order valence-electron chi connectivity index (χ1n) is 8.96. The number of nitrogens with zero attached hydrogens (tertiary/aromatic N) is 4. The molecule has 0 fully saturated rings. The lowest BCUT2D eigenvalue weighted by molar-refractivity contribution is 0.363. The van der Waals surface area contributed by atoms with Crippen LogP contribution in [-0.2, 0) is 6.54 Å². The standard InChI is InChI=1S/C21H17FN4O4/c1-28-15-7-8-16(18(11-15)29-2)21-23-19(30-25-21)12-26-20(27)10-9-17(24-26)13-3-5-14(22)6-4-13/h3-11H,12H2,1-2H3. The summed E-state index contributed by atoms with van der Waals surface area (Å²) in [6.45, 7) is -0.0145. The quantitative estimate of drug-likeness (QED) is 0.484. The number of halogens is 1. The monoisotopic (exact) mass is 408 g/mol. The molecular formula is C21H17FN4O4. The van der Waals surface area contributed by atoms with E-state index in [2.05, 4.69) is 15.2 Å². The Labute approximate surface area is 170 Å². The van der Waals surface area contributed by atoms with Crippen molar-refractivity contribution in [3.63, 3.8) is 0 Å². The first-order valence-corrected chi connectivity index (χ1v) is 8.96. The van der Waals surface area contributed by atoms with Crippen molar-refractivity contribution in [2.24, 2.45) is 0 Å². The van der Waals surface area contributed by atoms with Gasteiger partial charge < -0.3 is 14.0 Å². The fourth-order valence-corrected chi connectivity index (χ4v) is 2.88. The Morgan fingerprint density at radius 1 is 1.03 bits per heavy atom. The molecule has 0 spiro atoms. The number of hydrogen-bond donors (Lipinski definition) is 0. The summed E-state index contributed by atoms with van der Waals surface area (Å²) in [6, 6.07) is 14.0. The van der Waals surface area contributed by atoms with Gasteiger partial charge in [-0.25, -0.2) is 9.07 Å². The second-order valence-electron chi connectivity index (χ2n) is 6.30. The Morgan fingerprint density at radius 2 is 1.83 bits per heavy atom. The zero-order valence-corrected chi connectivity index (χ0v) is 16.2. The molecule has 4 aromatic rings. The van der Waals surface area contributed by atoms with Crippen molar-refractivity contribution >= 4 is 0 Å². The molecule has 0 radical (unpaired) electrons. The summed E-state index contributed by atoms with van der Waals surface area (Å²) in [5.74, 6) is 1.32. The highest BCUT2D eigenvalue weighted by Gasteiger charge is 2.15. The molecule has 0 unspecified atom stereocenters. The zero-order valence-electron chi connectivity index (χ0n) is 16.2. The van der Waals surface area contributed by atoms with E-state index in [1.807, 2.05) is 0 Å². The highest BCUT2D eigenvalue weighted by atomic mass is 19.1. The number of hydrogen-bond acceptors (Lipinski definition) is 7. The average molecular weight is 408 g/mol. The largest absolute Gasteiger partial charge is 0.497 e. The Kier molecular flexibility index (Phi) is 5.25. The summed E-state index contributed by atoms with van der Waals surface area (Å²) in [4.78, 5) is 16.6. The second kappa shape index (κ2) is 8.16. The van der Waals surface area contributed by atoms with Gasteiger partial charge in [0.05, 0.1) is 25.5 Å². The maximum absolute atomic E-state index is 13.2. The number of aromatic nitrogens is 4. The van der Waals surface area contributed by atoms with Crippen LogP contribution in [0.4, 0.5) is 4.39 Å². The predicted molar refractivity (Wildman–Crippen MR) is 106 cm³/mol. The van der Waals surface area contributed by atoms with E-state index in [4.69, 9.17) is 14.0 Å². The molecule has 4 rings (SSSR count). The van der Waals surface area contributed by atoms with Crippen LogP contribution in [0.25, 0.3) is 22.6 Å². The van der Waals surface area contributed by atoms with E-state index < -0.39 is 0 Å². The van der Waals surface area contributed by atoms with Crippen LogP contribution in [0.1, 0.15) is 5.89 Å². The molecule has 8 nitrogen and oxygen atoms in total. The zero-order chi connectivity index (χ0) is 21.1. The summed E-state index contributed by atoms with van der Waals surface area (Å²) < 4.78 is 30.2. The van der Waals surface area contributed by atoms with E-state index in [9.17, 15) is 9.18 Å². The van der Waals surface area contributed by atoms with Crippen LogP contribution in [0.15, 0.2) is 63.9 Å². The summed E-state index contributed by atoms with van der Waals surface area (Å²) in [7, 11) is 3.09. The normalized spacial score (nSPS) is 10.8. The second-order valence-corrected chi connectivity index (χ2v) is 6.30. The van der Waals surface area contributed by atoms with Crippen LogP contribution in [-0.4, -0.2) is 34.1 Å². The number of benzene rings is 2. The molecule has 0 aliphatic carbocycles. The molecule has 0 atom stereocenters. The molecule has 2 aromatic heterocycles. The van der Waals surface area contributed by atoms with Gasteiger partial charge in [0.2, 0.25) is 11.7 Å². The van der Waals surface area contributed by atoms with Gasteiger partial charge in [0, 0.05) is 17.7 Å². The van der Waals surface area contributed by atoms with Gasteiger partial charge in [-0.15, -0.1) is 0 Å². The summed E-state index contributed by atoms with van der Waals surface area (Å²) >= 11 is 0. The maximum atomic E-state index is 13.2. The predicted octanol–water partition coefficient (Wildman–Crippen LogP) is 3.16. The maximum Gasteiger partial charge on any atom is 0.267 e. The molecule has 0 saturated carbocycles. The lowest BCUT2D eigenvalue weighted by Crippen LogP contribution is -2.23. The topological polar surface area (TPSA) is 92.3 Å². The smallest absolute Gasteiger partial charge is 0.267 e. The first-order chi connectivity index (χ1) is 14.6. The molecule has 0 N–H and O–H groups in total. The molecule has 30 heavy (non-hydrogen) atoms. The van der Waals surface area contributed by atoms with Crippen LogP contribution < -0.4 is 15.0 Å². The SMILES string of the molecule is COc1ccc(-c2noc(Cn3nc(-c4ccc(F)cc4)ccc3=O)n2)c(OC)c1. The van der Waals surface area contributed by atoms with Gasteiger partial charge in [-0.2, -0.15) is 10.1 Å². The Bertz CT molecular complexity index is 1230. The van der Waals surface area contributed by atoms with E-state index in [1.54, 1.807) is 43.5 Å². The van der Waals surface area contributed by atoms with Gasteiger partial charge in [-0.3, -0.25) is 4.79 Å². The fourth-order valence-electron chi connectivity index (χ4n) is 2.88. The summed E-state index contributed by atoms with van der Waals surface area (Å²) in [5, 5.41) is 8.29. The van der Waals surface area contributed by atoms with E-state index in [0.29, 0.717) is 34.1 Å². The van der Waals surface area contributed by atoms with Crippen LogP contribution in [0.3, 0.4) is 0 Å². The molecule has 0 aliphatic rings. The van der Waals surface area contributed by atoms with Crippen LogP contribution >= 0.6 is 0 Å². The lowest BCUT2D eigenvalue weighted by atomic mass is 10.1. The Morgan fingerprint density at radius 3 is 2.57 bits per heavy atom. The fraction of sp³-hybridized carbons (Fsp3) is 0.143. The Hall–Kier alpha value is -4.01. The molecule has 0 aliphatic heterocycles. The molecule has 9 heteroatoms. The van der Waals surface area contributed by atoms with E-state index in [-0.39, 0.29) is 23.8 Å². The lowest BCUT2D eigenvalue weighted by Gasteiger charge is -2.07. The summed E-state index contributed by atoms with van der Waals surface area (Å²) in [6.07, 6.45) is 0. The average Bonchev–Trinajstić information content (AvgIpc) is 3.23. The third-order valence-corrected chi connectivity index (χ3v) is 4.41. The third kappa shape index (κ3) is 3.90. The van der Waals surface area contributed by atoms with Gasteiger partial charge in [0.1, 0.15) is 23.9 Å². The van der Waals surface area contributed by atoms with E-state index in [0.717, 1.165) is 0 Å². The van der Waals surface area contributed by atoms with Gasteiger partial charge in [-0.1, -0.05) is 5.16 Å². The number of rotatable bonds is 6. The first kappa shape index (κ1) is 19.3. The molecule has 2 aromatic carbocycles. The van der Waals surface area contributed by atoms with Crippen molar-refractivity contribution in [2.75, 3.05) is 14.2 Å². The van der Waals surface area contributed by atoms with Crippen LogP contribution in [0, 0.1) is 5.82 Å². The highest BCUT2D eigenvalue weighted by molar-refractivity contribution is 5.65. The van der Waals surface area contributed by atoms with E-state index >= 15 is 0 Å². The van der Waals surface area contributed by atoms with Crippen LogP contribution in [0.2, 0.25) is 0 Å².